The molecular formula is C16H24IN7O. The van der Waals surface area contributed by atoms with Crippen molar-refractivity contribution >= 4 is 35.8 Å². The Morgan fingerprint density at radius 2 is 2.00 bits per heavy atom. The molecule has 0 unspecified atom stereocenters. The van der Waals surface area contributed by atoms with E-state index in [0.29, 0.717) is 31.2 Å². The van der Waals surface area contributed by atoms with Gasteiger partial charge in [-0.25, -0.2) is 4.98 Å². The molecule has 1 heterocycles. The number of carbonyl (C=O) groups excluding carboxylic acids is 1. The molecule has 2 aromatic rings. The Morgan fingerprint density at radius 3 is 2.64 bits per heavy atom. The summed E-state index contributed by atoms with van der Waals surface area (Å²) in [6, 6.07) is 7.51. The van der Waals surface area contributed by atoms with Crippen molar-refractivity contribution in [3.8, 4) is 0 Å². The third-order valence-corrected chi connectivity index (χ3v) is 3.43. The lowest BCUT2D eigenvalue weighted by Crippen LogP contribution is -2.37. The lowest BCUT2D eigenvalue weighted by Gasteiger charge is -2.12. The Kier molecular flexibility index (Phi) is 8.89. The van der Waals surface area contributed by atoms with Crippen LogP contribution >= 0.6 is 24.0 Å². The fraction of sp³-hybridized carbons (Fsp3) is 0.375. The first-order chi connectivity index (χ1) is 11.6. The molecule has 1 aromatic heterocycles. The highest BCUT2D eigenvalue weighted by atomic mass is 127. The van der Waals surface area contributed by atoms with Crippen LogP contribution in [0.5, 0.6) is 0 Å². The van der Waals surface area contributed by atoms with Crippen LogP contribution < -0.4 is 16.0 Å². The number of nitrogens with one attached hydrogen (secondary N) is 3. The largest absolute Gasteiger partial charge is 0.352 e. The van der Waals surface area contributed by atoms with Crippen LogP contribution in [0.25, 0.3) is 0 Å². The summed E-state index contributed by atoms with van der Waals surface area (Å²) >= 11 is 0. The van der Waals surface area contributed by atoms with E-state index in [9.17, 15) is 4.79 Å². The molecule has 0 saturated heterocycles. The molecule has 136 valence electrons. The number of hydrogen-bond acceptors (Lipinski definition) is 4. The first kappa shape index (κ1) is 20.9. The van der Waals surface area contributed by atoms with Gasteiger partial charge in [0, 0.05) is 32.7 Å². The molecule has 9 heteroatoms. The Balaban J connectivity index is 0.00000312. The maximum Gasteiger partial charge on any atom is 0.251 e. The van der Waals surface area contributed by atoms with Gasteiger partial charge in [0.15, 0.2) is 5.96 Å². The minimum Gasteiger partial charge on any atom is -0.352 e. The number of aryl methyl sites for hydroxylation is 1. The van der Waals surface area contributed by atoms with Crippen molar-refractivity contribution in [2.45, 2.75) is 20.0 Å². The third kappa shape index (κ3) is 6.33. The molecule has 8 nitrogen and oxygen atoms in total. The Morgan fingerprint density at radius 1 is 1.24 bits per heavy atom. The lowest BCUT2D eigenvalue weighted by atomic mass is 10.1. The van der Waals surface area contributed by atoms with Gasteiger partial charge in [0.05, 0.1) is 6.54 Å². The van der Waals surface area contributed by atoms with Gasteiger partial charge in [-0.3, -0.25) is 14.5 Å². The SMILES string of the molecule is CCNC(=O)c1cccc(CNC(=NC)NCc2ncnn2C)c1.I. The van der Waals surface area contributed by atoms with Crippen LogP contribution in [0.4, 0.5) is 0 Å². The Labute approximate surface area is 164 Å². The average molecular weight is 457 g/mol. The van der Waals surface area contributed by atoms with Gasteiger partial charge in [-0.15, -0.1) is 24.0 Å². The molecule has 0 aliphatic carbocycles. The number of aliphatic imine (C=N–C) groups is 1. The maximum atomic E-state index is 11.9. The number of halogens is 1. The highest BCUT2D eigenvalue weighted by Crippen LogP contribution is 2.05. The van der Waals surface area contributed by atoms with Crippen molar-refractivity contribution in [1.82, 2.24) is 30.7 Å². The molecule has 3 N–H and O–H groups in total. The number of rotatable bonds is 6. The lowest BCUT2D eigenvalue weighted by molar-refractivity contribution is 0.0955. The van der Waals surface area contributed by atoms with E-state index in [0.717, 1.165) is 11.4 Å². The smallest absolute Gasteiger partial charge is 0.251 e. The molecular weight excluding hydrogens is 433 g/mol. The summed E-state index contributed by atoms with van der Waals surface area (Å²) in [5.74, 6) is 1.40. The summed E-state index contributed by atoms with van der Waals surface area (Å²) in [5, 5.41) is 13.2. The van der Waals surface area contributed by atoms with E-state index in [1.54, 1.807) is 17.8 Å². The van der Waals surface area contributed by atoms with E-state index in [1.165, 1.54) is 6.33 Å². The van der Waals surface area contributed by atoms with Crippen molar-refractivity contribution in [1.29, 1.82) is 0 Å². The molecule has 2 rings (SSSR count). The molecule has 0 fully saturated rings. The van der Waals surface area contributed by atoms with Gasteiger partial charge in [0.2, 0.25) is 0 Å². The number of guanidine groups is 1. The van der Waals surface area contributed by atoms with Gasteiger partial charge >= 0.3 is 0 Å². The van der Waals surface area contributed by atoms with Crippen molar-refractivity contribution in [3.63, 3.8) is 0 Å². The predicted molar refractivity (Wildman–Crippen MR) is 108 cm³/mol. The molecule has 25 heavy (non-hydrogen) atoms. The van der Waals surface area contributed by atoms with Crippen LogP contribution in [0.15, 0.2) is 35.6 Å². The van der Waals surface area contributed by atoms with Crippen LogP contribution in [-0.2, 0) is 20.1 Å². The van der Waals surface area contributed by atoms with Crippen molar-refractivity contribution in [2.75, 3.05) is 13.6 Å². The van der Waals surface area contributed by atoms with Crippen molar-refractivity contribution in [2.24, 2.45) is 12.0 Å². The summed E-state index contributed by atoms with van der Waals surface area (Å²) < 4.78 is 1.70. The van der Waals surface area contributed by atoms with E-state index < -0.39 is 0 Å². The van der Waals surface area contributed by atoms with Gasteiger partial charge in [0.25, 0.3) is 5.91 Å². The Hall–Kier alpha value is -2.17. The summed E-state index contributed by atoms with van der Waals surface area (Å²) in [6.07, 6.45) is 1.51. The maximum absolute atomic E-state index is 11.9. The molecule has 0 aliphatic heterocycles. The van der Waals surface area contributed by atoms with Gasteiger partial charge in [0.1, 0.15) is 12.2 Å². The number of hydrogen-bond donors (Lipinski definition) is 3. The van der Waals surface area contributed by atoms with Gasteiger partial charge in [-0.05, 0) is 24.6 Å². The monoisotopic (exact) mass is 457 g/mol. The topological polar surface area (TPSA) is 96.2 Å². The molecule has 0 aliphatic rings. The van der Waals surface area contributed by atoms with E-state index >= 15 is 0 Å². The fourth-order valence-corrected chi connectivity index (χ4v) is 2.13. The van der Waals surface area contributed by atoms with Crippen LogP contribution in [0, 0.1) is 0 Å². The summed E-state index contributed by atoms with van der Waals surface area (Å²) in [5.41, 5.74) is 1.65. The minimum atomic E-state index is -0.0656. The second-order valence-electron chi connectivity index (χ2n) is 5.14. The zero-order valence-corrected chi connectivity index (χ0v) is 16.9. The van der Waals surface area contributed by atoms with Crippen molar-refractivity contribution < 1.29 is 4.79 Å². The van der Waals surface area contributed by atoms with Crippen molar-refractivity contribution in [3.05, 3.63) is 47.5 Å². The number of benzene rings is 1. The number of amides is 1. The van der Waals surface area contributed by atoms with Crippen LogP contribution in [0.1, 0.15) is 28.7 Å². The second kappa shape index (κ2) is 10.6. The molecule has 0 bridgehead atoms. The Bertz CT molecular complexity index is 714. The van der Waals surface area contributed by atoms with E-state index in [4.69, 9.17) is 0 Å². The molecule has 0 atom stereocenters. The fourth-order valence-electron chi connectivity index (χ4n) is 2.13. The summed E-state index contributed by atoms with van der Waals surface area (Å²) in [4.78, 5) is 20.2. The average Bonchev–Trinajstić information content (AvgIpc) is 3.00. The quantitative estimate of drug-likeness (QED) is 0.343. The summed E-state index contributed by atoms with van der Waals surface area (Å²) in [7, 11) is 3.55. The molecule has 1 aromatic carbocycles. The third-order valence-electron chi connectivity index (χ3n) is 3.43. The predicted octanol–water partition coefficient (Wildman–Crippen LogP) is 1.05. The number of carbonyl (C=O) groups is 1. The van der Waals surface area contributed by atoms with Crippen LogP contribution in [-0.4, -0.2) is 40.2 Å². The van der Waals surface area contributed by atoms with E-state index in [-0.39, 0.29) is 29.9 Å². The second-order valence-corrected chi connectivity index (χ2v) is 5.14. The van der Waals surface area contributed by atoms with Crippen LogP contribution in [0.3, 0.4) is 0 Å². The zero-order valence-electron chi connectivity index (χ0n) is 14.6. The van der Waals surface area contributed by atoms with Crippen LogP contribution in [0.2, 0.25) is 0 Å². The molecule has 0 radical (unpaired) electrons. The highest BCUT2D eigenvalue weighted by molar-refractivity contribution is 14.0. The molecule has 0 spiro atoms. The highest BCUT2D eigenvalue weighted by Gasteiger charge is 2.06. The normalized spacial score (nSPS) is 10.8. The molecule has 0 saturated carbocycles. The molecule has 1 amide bonds. The van der Waals surface area contributed by atoms with Gasteiger partial charge in [-0.1, -0.05) is 12.1 Å². The zero-order chi connectivity index (χ0) is 17.4. The van der Waals surface area contributed by atoms with Gasteiger partial charge in [-0.2, -0.15) is 5.10 Å². The number of aromatic nitrogens is 3. The van der Waals surface area contributed by atoms with E-state index in [1.807, 2.05) is 32.2 Å². The number of nitrogens with zero attached hydrogens (tertiary/aromatic N) is 4. The van der Waals surface area contributed by atoms with Gasteiger partial charge < -0.3 is 16.0 Å². The summed E-state index contributed by atoms with van der Waals surface area (Å²) in [6.45, 7) is 3.59. The first-order valence-electron chi connectivity index (χ1n) is 7.78. The standard InChI is InChI=1S/C16H23N7O.HI/c1-4-18-15(24)13-7-5-6-12(8-13)9-19-16(17-2)20-10-14-21-11-22-23(14)3;/h5-8,11H,4,9-10H2,1-3H3,(H,18,24)(H2,17,19,20);1H. The first-order valence-corrected chi connectivity index (χ1v) is 7.78. The minimum absolute atomic E-state index is 0. The van der Waals surface area contributed by atoms with E-state index in [2.05, 4.69) is 31.0 Å².